The summed E-state index contributed by atoms with van der Waals surface area (Å²) in [7, 11) is 0. The molecule has 0 bridgehead atoms. The Bertz CT molecular complexity index is 73.7. The average molecular weight is 207 g/mol. The zero-order chi connectivity index (χ0) is 7.15. The first-order valence-electron chi connectivity index (χ1n) is 1.22. The van der Waals surface area contributed by atoms with Gasteiger partial charge in [-0.1, -0.05) is 0 Å². The number of carboxylic acid groups (broad SMARTS) is 2. The standard InChI is InChI=1S/CH2O3.2Ca.HNO3.2H/c2-1(3)4;;;2-1(3)4;;/h(H2,2,3,4);;;(H,2,3,4);;/q;;+2;;;. The van der Waals surface area contributed by atoms with E-state index in [0.29, 0.717) is 0 Å². The van der Waals surface area contributed by atoms with Crippen LogP contribution in [0.5, 0.6) is 0 Å². The normalized spacial score (nSPS) is 4.80. The second-order valence-electron chi connectivity index (χ2n) is 0.520. The molecule has 0 atom stereocenters. The van der Waals surface area contributed by atoms with Crippen molar-refractivity contribution in [2.24, 2.45) is 0 Å². The van der Waals surface area contributed by atoms with Crippen LogP contribution in [0.15, 0.2) is 0 Å². The van der Waals surface area contributed by atoms with Crippen molar-refractivity contribution in [3.8, 4) is 0 Å². The van der Waals surface area contributed by atoms with Gasteiger partial charge in [0.2, 0.25) is 0 Å². The third-order valence-corrected chi connectivity index (χ3v) is 0. The number of hydrogen-bond donors (Lipinski definition) is 3. The minimum absolute atomic E-state index is 0. The molecule has 0 radical (unpaired) electrons. The van der Waals surface area contributed by atoms with E-state index in [0.717, 1.165) is 0 Å². The summed E-state index contributed by atoms with van der Waals surface area (Å²) in [5.74, 6) is 0. The molecule has 10 heavy (non-hydrogen) atoms. The van der Waals surface area contributed by atoms with E-state index in [9.17, 15) is 0 Å². The monoisotopic (exact) mass is 207 g/mol. The van der Waals surface area contributed by atoms with E-state index < -0.39 is 11.2 Å². The van der Waals surface area contributed by atoms with Gasteiger partial charge in [-0.05, 0) is 0 Å². The van der Waals surface area contributed by atoms with Gasteiger partial charge in [0.05, 0.1) is 0 Å². The topological polar surface area (TPSA) is 121 Å². The zero-order valence-electron chi connectivity index (χ0n) is 4.22. The van der Waals surface area contributed by atoms with E-state index in [1.54, 1.807) is 0 Å². The van der Waals surface area contributed by atoms with Gasteiger partial charge in [0.15, 0.2) is 0 Å². The Morgan fingerprint density at radius 2 is 1.40 bits per heavy atom. The third-order valence-electron chi connectivity index (χ3n) is 0. The van der Waals surface area contributed by atoms with Crippen molar-refractivity contribution in [2.45, 2.75) is 0 Å². The summed E-state index contributed by atoms with van der Waals surface area (Å²) in [4.78, 5) is 16.9. The molecule has 0 aliphatic carbocycles. The predicted molar refractivity (Wildman–Crippen MR) is 33.7 cm³/mol. The minimum atomic E-state index is -1.83. The summed E-state index contributed by atoms with van der Waals surface area (Å²) < 4.78 is 0. The first kappa shape index (κ1) is 22.4. The first-order valence-corrected chi connectivity index (χ1v) is 1.22. The van der Waals surface area contributed by atoms with Gasteiger partial charge in [0, 0.05) is 0 Å². The van der Waals surface area contributed by atoms with Gasteiger partial charge in [0.25, 0.3) is 5.09 Å². The molecule has 0 saturated carbocycles. The molecule has 0 heterocycles. The van der Waals surface area contributed by atoms with Crippen molar-refractivity contribution in [1.29, 1.82) is 0 Å². The average Bonchev–Trinajstić information content (AvgIpc) is 1.25. The maximum atomic E-state index is 8.56. The number of rotatable bonds is 0. The Morgan fingerprint density at radius 3 is 1.40 bits per heavy atom. The van der Waals surface area contributed by atoms with Gasteiger partial charge in [-0.2, -0.15) is 0 Å². The van der Waals surface area contributed by atoms with E-state index in [2.05, 4.69) is 0 Å². The van der Waals surface area contributed by atoms with E-state index in [4.69, 9.17) is 30.3 Å². The third kappa shape index (κ3) is 586. The molecular formula is CH5Ca2NO6+2. The van der Waals surface area contributed by atoms with Crippen LogP contribution in [0.25, 0.3) is 0 Å². The van der Waals surface area contributed by atoms with Crippen molar-refractivity contribution in [2.75, 3.05) is 0 Å². The fourth-order valence-corrected chi connectivity index (χ4v) is 0. The van der Waals surface area contributed by atoms with E-state index in [1.165, 1.54) is 0 Å². The quantitative estimate of drug-likeness (QED) is 0.254. The Morgan fingerprint density at radius 1 is 1.40 bits per heavy atom. The predicted octanol–water partition coefficient (Wildman–Crippen LogP) is -1.42. The van der Waals surface area contributed by atoms with Crippen molar-refractivity contribution in [1.82, 2.24) is 0 Å². The summed E-state index contributed by atoms with van der Waals surface area (Å²) in [5.41, 5.74) is 0. The van der Waals surface area contributed by atoms with Crippen molar-refractivity contribution in [3.05, 3.63) is 10.1 Å². The molecule has 3 N–H and O–H groups in total. The molecule has 0 unspecified atom stereocenters. The molecule has 0 aliphatic heterocycles. The van der Waals surface area contributed by atoms with Crippen LogP contribution in [-0.4, -0.2) is 102 Å². The Balaban J connectivity index is -0.0000000300. The number of carbonyl (C=O) groups is 1. The molecule has 0 aromatic carbocycles. The first-order chi connectivity index (χ1) is 3.46. The van der Waals surface area contributed by atoms with Gasteiger partial charge in [0.1, 0.15) is 0 Å². The molecule has 52 valence electrons. The van der Waals surface area contributed by atoms with E-state index in [1.807, 2.05) is 0 Å². The number of nitrogens with zero attached hydrogens (tertiary/aromatic N) is 1. The number of hydrogen-bond acceptors (Lipinski definition) is 3. The van der Waals surface area contributed by atoms with Crippen LogP contribution in [-0.2, 0) is 0 Å². The van der Waals surface area contributed by atoms with Crippen LogP contribution in [0.4, 0.5) is 4.79 Å². The van der Waals surface area contributed by atoms with Gasteiger partial charge in [-0.3, -0.25) is 0 Å². The SMILES string of the molecule is O=C(O)O.O=[N+]([O-])O.[Ca+2].[CaH2]. The molecule has 0 spiro atoms. The molecule has 0 rings (SSSR count). The van der Waals surface area contributed by atoms with Crippen molar-refractivity contribution < 1.29 is 25.3 Å². The molecule has 7 nitrogen and oxygen atoms in total. The van der Waals surface area contributed by atoms with Crippen LogP contribution in [0.2, 0.25) is 0 Å². The molecular weight excluding hydrogens is 202 g/mol. The molecule has 0 aromatic heterocycles. The summed E-state index contributed by atoms with van der Waals surface area (Å²) in [6, 6.07) is 0. The van der Waals surface area contributed by atoms with Gasteiger partial charge in [-0.15, -0.1) is 10.1 Å². The zero-order valence-corrected chi connectivity index (χ0v) is 6.43. The molecule has 0 amide bonds. The van der Waals surface area contributed by atoms with Gasteiger partial charge in [-0.25, -0.2) is 4.79 Å². The second-order valence-corrected chi connectivity index (χ2v) is 0.520. The Hall–Kier alpha value is 0.989. The second kappa shape index (κ2) is 16.5. The van der Waals surface area contributed by atoms with Crippen LogP contribution >= 0.6 is 0 Å². The van der Waals surface area contributed by atoms with Crippen LogP contribution in [0.3, 0.4) is 0 Å². The Labute approximate surface area is 115 Å². The Kier molecular flexibility index (Phi) is 37.1. The molecule has 0 fully saturated rings. The fraction of sp³-hybridized carbons (Fsp3) is 0. The van der Waals surface area contributed by atoms with Crippen molar-refractivity contribution in [3.63, 3.8) is 0 Å². The summed E-state index contributed by atoms with van der Waals surface area (Å²) in [5, 5.41) is 27.6. The van der Waals surface area contributed by atoms with Gasteiger partial charge >= 0.3 is 81.6 Å². The van der Waals surface area contributed by atoms with Gasteiger partial charge < -0.3 is 15.4 Å². The molecule has 0 saturated heterocycles. The van der Waals surface area contributed by atoms with Crippen LogP contribution in [0, 0.1) is 10.1 Å². The maximum absolute atomic E-state index is 8.56. The molecule has 0 aliphatic rings. The molecule has 0 aromatic rings. The fourth-order valence-electron chi connectivity index (χ4n) is 0. The van der Waals surface area contributed by atoms with E-state index in [-0.39, 0.29) is 75.5 Å². The summed E-state index contributed by atoms with van der Waals surface area (Å²) >= 11 is 0. The summed E-state index contributed by atoms with van der Waals surface area (Å²) in [6.07, 6.45) is -1.83. The van der Waals surface area contributed by atoms with E-state index >= 15 is 0 Å². The summed E-state index contributed by atoms with van der Waals surface area (Å²) in [6.45, 7) is 0. The van der Waals surface area contributed by atoms with Crippen LogP contribution < -0.4 is 0 Å². The molecule has 9 heteroatoms. The van der Waals surface area contributed by atoms with Crippen molar-refractivity contribution >= 4 is 81.6 Å². The van der Waals surface area contributed by atoms with Crippen LogP contribution in [0.1, 0.15) is 0 Å².